The summed E-state index contributed by atoms with van der Waals surface area (Å²) in [5, 5.41) is 8.00. The quantitative estimate of drug-likeness (QED) is 0.314. The van der Waals surface area contributed by atoms with Crippen LogP contribution in [0, 0.1) is 5.82 Å². The summed E-state index contributed by atoms with van der Waals surface area (Å²) in [6.07, 6.45) is -4.89. The largest absolute Gasteiger partial charge is 0.463 e. The lowest BCUT2D eigenvalue weighted by Crippen LogP contribution is -2.62. The highest BCUT2D eigenvalue weighted by Crippen LogP contribution is 2.30. The fourth-order valence-corrected chi connectivity index (χ4v) is 3.79. The first-order chi connectivity index (χ1) is 18.0. The molecule has 2 aromatic rings. The molecule has 0 spiro atoms. The summed E-state index contributed by atoms with van der Waals surface area (Å²) in [5.41, 5.74) is 1.02. The minimum atomic E-state index is -1.35. The van der Waals surface area contributed by atoms with Gasteiger partial charge in [-0.3, -0.25) is 19.2 Å². The third-order valence-electron chi connectivity index (χ3n) is 5.16. The fourth-order valence-electron chi connectivity index (χ4n) is 3.79. The minimum absolute atomic E-state index is 0.184. The number of carbonyl (C=O) groups is 4. The highest BCUT2D eigenvalue weighted by molar-refractivity contribution is 5.68. The molecule has 0 saturated carbocycles. The van der Waals surface area contributed by atoms with Gasteiger partial charge in [0, 0.05) is 27.7 Å². The van der Waals surface area contributed by atoms with E-state index >= 15 is 0 Å². The molecule has 1 fully saturated rings. The van der Waals surface area contributed by atoms with Gasteiger partial charge in [-0.2, -0.15) is 0 Å². The van der Waals surface area contributed by atoms with Crippen molar-refractivity contribution in [2.75, 3.05) is 6.61 Å². The predicted octanol–water partition coefficient (Wildman–Crippen LogP) is 1.07. The number of halogens is 1. The standard InChI is InChI=1S/C24H28FN3O10/c1-13(29)33-12-20-21(35-14(2)30)22(36-15(3)31)23(37-16(4)32)24(38-20)34-11-19-10-28(27-26-19)9-17-6-5-7-18(25)8-17/h5-8,10,20-24H,9,11-12H2,1-4H3/t20-,21-,22+,23+,24+/m1/s1. The summed E-state index contributed by atoms with van der Waals surface area (Å²) in [7, 11) is 0. The molecule has 1 aromatic carbocycles. The highest BCUT2D eigenvalue weighted by atomic mass is 19.1. The highest BCUT2D eigenvalue weighted by Gasteiger charge is 2.52. The Balaban J connectivity index is 1.81. The summed E-state index contributed by atoms with van der Waals surface area (Å²) in [6, 6.07) is 6.02. The molecule has 0 radical (unpaired) electrons. The van der Waals surface area contributed by atoms with Crippen molar-refractivity contribution in [3.8, 4) is 0 Å². The van der Waals surface area contributed by atoms with E-state index in [0.717, 1.165) is 20.8 Å². The molecule has 38 heavy (non-hydrogen) atoms. The number of ether oxygens (including phenoxy) is 6. The van der Waals surface area contributed by atoms with Gasteiger partial charge in [-0.15, -0.1) is 5.10 Å². The Labute approximate surface area is 217 Å². The van der Waals surface area contributed by atoms with E-state index in [9.17, 15) is 23.6 Å². The van der Waals surface area contributed by atoms with Crippen LogP contribution in [0.15, 0.2) is 30.5 Å². The molecule has 2 heterocycles. The van der Waals surface area contributed by atoms with Crippen LogP contribution >= 0.6 is 0 Å². The number of aromatic nitrogens is 3. The van der Waals surface area contributed by atoms with E-state index in [1.807, 2.05) is 0 Å². The molecule has 1 saturated heterocycles. The van der Waals surface area contributed by atoms with Crippen LogP contribution in [0.4, 0.5) is 4.39 Å². The molecular formula is C24H28FN3O10. The first-order valence-corrected chi connectivity index (χ1v) is 11.6. The second-order valence-corrected chi connectivity index (χ2v) is 8.42. The zero-order valence-corrected chi connectivity index (χ0v) is 21.2. The zero-order valence-electron chi connectivity index (χ0n) is 21.2. The van der Waals surface area contributed by atoms with Gasteiger partial charge < -0.3 is 28.4 Å². The molecule has 3 rings (SSSR count). The molecule has 1 aliphatic rings. The Morgan fingerprint density at radius 1 is 0.947 bits per heavy atom. The number of carbonyl (C=O) groups excluding carboxylic acids is 4. The predicted molar refractivity (Wildman–Crippen MR) is 122 cm³/mol. The molecule has 0 unspecified atom stereocenters. The number of esters is 4. The topological polar surface area (TPSA) is 154 Å². The summed E-state index contributed by atoms with van der Waals surface area (Å²) < 4.78 is 47.7. The van der Waals surface area contributed by atoms with Gasteiger partial charge >= 0.3 is 23.9 Å². The number of hydrogen-bond donors (Lipinski definition) is 0. The van der Waals surface area contributed by atoms with E-state index in [4.69, 9.17) is 28.4 Å². The number of rotatable bonds is 10. The second kappa shape index (κ2) is 13.1. The molecule has 0 amide bonds. The van der Waals surface area contributed by atoms with Crippen LogP contribution in [0.1, 0.15) is 39.0 Å². The molecule has 14 heteroatoms. The molecule has 1 aliphatic heterocycles. The third kappa shape index (κ3) is 8.31. The maximum Gasteiger partial charge on any atom is 0.303 e. The smallest absolute Gasteiger partial charge is 0.303 e. The fraction of sp³-hybridized carbons (Fsp3) is 0.500. The van der Waals surface area contributed by atoms with Crippen LogP contribution in [-0.2, 0) is 60.8 Å². The molecule has 0 aliphatic carbocycles. The Morgan fingerprint density at radius 3 is 2.24 bits per heavy atom. The van der Waals surface area contributed by atoms with E-state index in [1.54, 1.807) is 18.3 Å². The van der Waals surface area contributed by atoms with Crippen LogP contribution in [0.5, 0.6) is 0 Å². The number of nitrogens with zero attached hydrogens (tertiary/aromatic N) is 3. The lowest BCUT2D eigenvalue weighted by atomic mass is 9.98. The Morgan fingerprint density at radius 2 is 1.61 bits per heavy atom. The van der Waals surface area contributed by atoms with E-state index in [0.29, 0.717) is 11.3 Å². The molecule has 0 bridgehead atoms. The Hall–Kier alpha value is -3.91. The lowest BCUT2D eigenvalue weighted by Gasteiger charge is -2.43. The van der Waals surface area contributed by atoms with Gasteiger partial charge in [-0.25, -0.2) is 9.07 Å². The van der Waals surface area contributed by atoms with Crippen molar-refractivity contribution in [1.82, 2.24) is 15.0 Å². The van der Waals surface area contributed by atoms with Gasteiger partial charge in [-0.05, 0) is 17.7 Å². The van der Waals surface area contributed by atoms with Crippen molar-refractivity contribution >= 4 is 23.9 Å². The van der Waals surface area contributed by atoms with Crippen LogP contribution in [0.25, 0.3) is 0 Å². The van der Waals surface area contributed by atoms with Gasteiger partial charge in [0.05, 0.1) is 19.3 Å². The summed E-state index contributed by atoms with van der Waals surface area (Å²) in [5.74, 6) is -3.25. The van der Waals surface area contributed by atoms with Crippen molar-refractivity contribution < 1.29 is 52.0 Å². The van der Waals surface area contributed by atoms with Crippen molar-refractivity contribution in [2.24, 2.45) is 0 Å². The van der Waals surface area contributed by atoms with Crippen LogP contribution in [0.2, 0.25) is 0 Å². The van der Waals surface area contributed by atoms with Crippen LogP contribution in [0.3, 0.4) is 0 Å². The molecular weight excluding hydrogens is 509 g/mol. The summed E-state index contributed by atoms with van der Waals surface area (Å²) in [4.78, 5) is 47.0. The molecule has 206 valence electrons. The van der Waals surface area contributed by atoms with Crippen LogP contribution < -0.4 is 0 Å². The molecule has 5 atom stereocenters. The van der Waals surface area contributed by atoms with E-state index in [2.05, 4.69) is 10.3 Å². The third-order valence-corrected chi connectivity index (χ3v) is 5.16. The van der Waals surface area contributed by atoms with Crippen molar-refractivity contribution in [1.29, 1.82) is 0 Å². The lowest BCUT2D eigenvalue weighted by molar-refractivity contribution is -0.310. The summed E-state index contributed by atoms with van der Waals surface area (Å²) in [6.45, 7) is 4.26. The maximum atomic E-state index is 13.5. The number of hydrogen-bond acceptors (Lipinski definition) is 12. The van der Waals surface area contributed by atoms with Gasteiger partial charge in [-0.1, -0.05) is 17.3 Å². The first-order valence-electron chi connectivity index (χ1n) is 11.6. The Kier molecular flexibility index (Phi) is 9.85. The summed E-state index contributed by atoms with van der Waals surface area (Å²) >= 11 is 0. The molecule has 13 nitrogen and oxygen atoms in total. The maximum absolute atomic E-state index is 13.5. The normalized spacial score (nSPS) is 22.8. The number of benzene rings is 1. The average Bonchev–Trinajstić information content (AvgIpc) is 3.26. The monoisotopic (exact) mass is 537 g/mol. The molecule has 0 N–H and O–H groups in total. The van der Waals surface area contributed by atoms with Crippen molar-refractivity contribution in [3.63, 3.8) is 0 Å². The van der Waals surface area contributed by atoms with E-state index < -0.39 is 54.6 Å². The Bertz CT molecular complexity index is 1160. The van der Waals surface area contributed by atoms with Gasteiger partial charge in [0.2, 0.25) is 0 Å². The molecule has 1 aromatic heterocycles. The average molecular weight is 537 g/mol. The minimum Gasteiger partial charge on any atom is -0.463 e. The van der Waals surface area contributed by atoms with Gasteiger partial charge in [0.15, 0.2) is 24.6 Å². The van der Waals surface area contributed by atoms with Crippen LogP contribution in [-0.4, -0.2) is 76.2 Å². The van der Waals surface area contributed by atoms with E-state index in [-0.39, 0.29) is 25.6 Å². The van der Waals surface area contributed by atoms with Gasteiger partial charge in [0.1, 0.15) is 24.2 Å². The van der Waals surface area contributed by atoms with Gasteiger partial charge in [0.25, 0.3) is 0 Å². The zero-order chi connectivity index (χ0) is 27.8. The second-order valence-electron chi connectivity index (χ2n) is 8.42. The first kappa shape index (κ1) is 28.7. The van der Waals surface area contributed by atoms with Crippen molar-refractivity contribution in [3.05, 3.63) is 47.5 Å². The van der Waals surface area contributed by atoms with Crippen molar-refractivity contribution in [2.45, 2.75) is 71.6 Å². The SMILES string of the molecule is CC(=O)OC[C@H]1O[C@H](OCc2cn(Cc3cccc(F)c3)nn2)[C@@H](OC(C)=O)[C@@H](OC(C)=O)[C@@H]1OC(C)=O. The van der Waals surface area contributed by atoms with E-state index in [1.165, 1.54) is 23.7 Å².